The molecule has 0 spiro atoms. The molecule has 1 N–H and O–H groups in total. The molecule has 1 aromatic heterocycles. The first kappa shape index (κ1) is 14.4. The minimum atomic E-state index is -0.0338. The maximum atomic E-state index is 9.33. The Morgan fingerprint density at radius 2 is 2.05 bits per heavy atom. The number of hydrogen-bond donors (Lipinski definition) is 1. The lowest BCUT2D eigenvalue weighted by molar-refractivity contribution is 0.263. The van der Waals surface area contributed by atoms with Crippen molar-refractivity contribution in [1.82, 2.24) is 14.8 Å². The van der Waals surface area contributed by atoms with Gasteiger partial charge in [0.05, 0.1) is 0 Å². The van der Waals surface area contributed by atoms with Gasteiger partial charge in [0.2, 0.25) is 0 Å². The maximum Gasteiger partial charge on any atom is 0.191 e. The predicted molar refractivity (Wildman–Crippen MR) is 84.7 cm³/mol. The minimum absolute atomic E-state index is 0.0338. The molecule has 1 saturated carbocycles. The van der Waals surface area contributed by atoms with E-state index in [2.05, 4.69) is 51.0 Å². The second-order valence-electron chi connectivity index (χ2n) is 5.26. The lowest BCUT2D eigenvalue weighted by Crippen LogP contribution is -2.20. The highest BCUT2D eigenvalue weighted by molar-refractivity contribution is 7.99. The molecule has 0 radical (unpaired) electrons. The first-order chi connectivity index (χ1) is 10.3. The Labute approximate surface area is 129 Å². The van der Waals surface area contributed by atoms with Crippen molar-refractivity contribution < 1.29 is 5.11 Å². The number of anilines is 1. The third-order valence-electron chi connectivity index (χ3n) is 3.64. The fourth-order valence-corrected chi connectivity index (χ4v) is 3.34. The molecule has 6 heteroatoms. The molecule has 0 bridgehead atoms. The van der Waals surface area contributed by atoms with Gasteiger partial charge in [-0.05, 0) is 25.0 Å². The highest BCUT2D eigenvalue weighted by Gasteiger charge is 2.29. The van der Waals surface area contributed by atoms with Gasteiger partial charge in [0, 0.05) is 31.1 Å². The van der Waals surface area contributed by atoms with Gasteiger partial charge in [0.1, 0.15) is 6.61 Å². The Hall–Kier alpha value is -1.53. The monoisotopic (exact) mass is 304 g/mol. The summed E-state index contributed by atoms with van der Waals surface area (Å²) in [5.41, 5.74) is 1.22. The van der Waals surface area contributed by atoms with Crippen LogP contribution in [0.25, 0.3) is 0 Å². The molecule has 1 aliphatic rings. The van der Waals surface area contributed by atoms with Crippen molar-refractivity contribution in [1.29, 1.82) is 0 Å². The van der Waals surface area contributed by atoms with Crippen LogP contribution in [0.2, 0.25) is 0 Å². The number of para-hydroxylation sites is 1. The number of aliphatic hydroxyl groups excluding tert-OH is 1. The van der Waals surface area contributed by atoms with Crippen LogP contribution in [0.5, 0.6) is 0 Å². The van der Waals surface area contributed by atoms with Crippen LogP contribution in [0.15, 0.2) is 35.5 Å². The summed E-state index contributed by atoms with van der Waals surface area (Å²) in [4.78, 5) is 2.23. The summed E-state index contributed by atoms with van der Waals surface area (Å²) in [5.74, 6) is 1.64. The summed E-state index contributed by atoms with van der Waals surface area (Å²) in [6, 6.07) is 10.9. The lowest BCUT2D eigenvalue weighted by atomic mass is 10.3. The van der Waals surface area contributed by atoms with Crippen LogP contribution in [0.3, 0.4) is 0 Å². The molecule has 5 nitrogen and oxygen atoms in total. The van der Waals surface area contributed by atoms with E-state index in [0.29, 0.717) is 11.9 Å². The van der Waals surface area contributed by atoms with E-state index in [0.717, 1.165) is 17.5 Å². The van der Waals surface area contributed by atoms with Crippen LogP contribution in [0.4, 0.5) is 5.69 Å². The minimum Gasteiger partial charge on any atom is -0.388 e. The Kier molecular flexibility index (Phi) is 4.45. The Morgan fingerprint density at radius 1 is 1.29 bits per heavy atom. The molecule has 1 aromatic carbocycles. The van der Waals surface area contributed by atoms with E-state index in [9.17, 15) is 5.11 Å². The van der Waals surface area contributed by atoms with E-state index in [-0.39, 0.29) is 6.61 Å². The van der Waals surface area contributed by atoms with Crippen LogP contribution in [-0.2, 0) is 6.61 Å². The quantitative estimate of drug-likeness (QED) is 0.796. The smallest absolute Gasteiger partial charge is 0.191 e. The van der Waals surface area contributed by atoms with E-state index >= 15 is 0 Å². The summed E-state index contributed by atoms with van der Waals surface area (Å²) in [5, 5.41) is 18.6. The number of aromatic nitrogens is 3. The highest BCUT2D eigenvalue weighted by Crippen LogP contribution is 2.38. The zero-order valence-corrected chi connectivity index (χ0v) is 13.0. The lowest BCUT2D eigenvalue weighted by Gasteiger charge is -2.18. The van der Waals surface area contributed by atoms with Crippen LogP contribution < -0.4 is 4.90 Å². The molecule has 0 atom stereocenters. The first-order valence-corrected chi connectivity index (χ1v) is 8.22. The van der Waals surface area contributed by atoms with Gasteiger partial charge < -0.3 is 14.6 Å². The molecule has 1 fully saturated rings. The number of nitrogens with zero attached hydrogens (tertiary/aromatic N) is 4. The number of rotatable bonds is 7. The van der Waals surface area contributed by atoms with Crippen molar-refractivity contribution in [2.45, 2.75) is 30.6 Å². The summed E-state index contributed by atoms with van der Waals surface area (Å²) >= 11 is 1.71. The predicted octanol–water partition coefficient (Wildman–Crippen LogP) is 2.33. The molecule has 2 aromatic rings. The topological polar surface area (TPSA) is 54.2 Å². The summed E-state index contributed by atoms with van der Waals surface area (Å²) in [6.45, 7) is 0.911. The fraction of sp³-hybridized carbons (Fsp3) is 0.467. The molecule has 0 unspecified atom stereocenters. The van der Waals surface area contributed by atoms with E-state index in [4.69, 9.17) is 0 Å². The third kappa shape index (κ3) is 3.39. The van der Waals surface area contributed by atoms with Crippen molar-refractivity contribution in [3.8, 4) is 0 Å². The fourth-order valence-electron chi connectivity index (χ4n) is 2.30. The third-order valence-corrected chi connectivity index (χ3v) is 4.57. The molecular formula is C15H20N4OS. The van der Waals surface area contributed by atoms with Gasteiger partial charge >= 0.3 is 0 Å². The Balaban J connectivity index is 1.57. The molecule has 1 heterocycles. The number of aliphatic hydroxyl groups is 1. The van der Waals surface area contributed by atoms with Gasteiger partial charge in [0.15, 0.2) is 11.0 Å². The van der Waals surface area contributed by atoms with Gasteiger partial charge in [-0.25, -0.2) is 0 Å². The Bertz CT molecular complexity index is 583. The van der Waals surface area contributed by atoms with Crippen LogP contribution in [-0.4, -0.2) is 39.2 Å². The first-order valence-electron chi connectivity index (χ1n) is 7.23. The Morgan fingerprint density at radius 3 is 2.71 bits per heavy atom. The van der Waals surface area contributed by atoms with Crippen LogP contribution in [0, 0.1) is 0 Å². The van der Waals surface area contributed by atoms with Gasteiger partial charge in [-0.1, -0.05) is 30.0 Å². The average molecular weight is 304 g/mol. The van der Waals surface area contributed by atoms with E-state index in [1.165, 1.54) is 18.5 Å². The number of hydrogen-bond acceptors (Lipinski definition) is 5. The molecule has 0 aliphatic heterocycles. The molecular weight excluding hydrogens is 284 g/mol. The van der Waals surface area contributed by atoms with Crippen molar-refractivity contribution in [3.05, 3.63) is 36.2 Å². The normalized spacial score (nSPS) is 14.4. The molecule has 1 aliphatic carbocycles. The zero-order chi connectivity index (χ0) is 14.7. The molecule has 112 valence electrons. The van der Waals surface area contributed by atoms with E-state index < -0.39 is 0 Å². The molecule has 0 amide bonds. The van der Waals surface area contributed by atoms with Crippen LogP contribution in [0.1, 0.15) is 24.7 Å². The van der Waals surface area contributed by atoms with E-state index in [1.807, 2.05) is 6.07 Å². The van der Waals surface area contributed by atoms with Crippen LogP contribution >= 0.6 is 11.8 Å². The van der Waals surface area contributed by atoms with Crippen molar-refractivity contribution in [2.75, 3.05) is 24.2 Å². The number of thioether (sulfide) groups is 1. The number of benzene rings is 1. The van der Waals surface area contributed by atoms with Crippen molar-refractivity contribution in [3.63, 3.8) is 0 Å². The average Bonchev–Trinajstić information content (AvgIpc) is 3.28. The van der Waals surface area contributed by atoms with Gasteiger partial charge in [-0.2, -0.15) is 0 Å². The van der Waals surface area contributed by atoms with Crippen molar-refractivity contribution in [2.24, 2.45) is 0 Å². The SMILES string of the molecule is CN(CCSc1nnc(CO)n1C1CC1)c1ccccc1. The zero-order valence-electron chi connectivity index (χ0n) is 12.1. The van der Waals surface area contributed by atoms with Gasteiger partial charge in [0.25, 0.3) is 0 Å². The molecule has 21 heavy (non-hydrogen) atoms. The summed E-state index contributed by atoms with van der Waals surface area (Å²) in [7, 11) is 2.10. The standard InChI is InChI=1S/C15H20N4OS/c1-18(12-5-3-2-4-6-12)9-10-21-15-17-16-14(11-20)19(15)13-7-8-13/h2-6,13,20H,7-11H2,1H3. The maximum absolute atomic E-state index is 9.33. The van der Waals surface area contributed by atoms with E-state index in [1.54, 1.807) is 11.8 Å². The highest BCUT2D eigenvalue weighted by atomic mass is 32.2. The van der Waals surface area contributed by atoms with Gasteiger partial charge in [-0.3, -0.25) is 0 Å². The second kappa shape index (κ2) is 6.49. The molecule has 0 saturated heterocycles. The summed E-state index contributed by atoms with van der Waals surface area (Å²) in [6.07, 6.45) is 2.34. The second-order valence-corrected chi connectivity index (χ2v) is 6.33. The summed E-state index contributed by atoms with van der Waals surface area (Å²) < 4.78 is 2.10. The van der Waals surface area contributed by atoms with Crippen molar-refractivity contribution >= 4 is 17.4 Å². The largest absolute Gasteiger partial charge is 0.388 e. The molecule has 3 rings (SSSR count). The van der Waals surface area contributed by atoms with Gasteiger partial charge in [-0.15, -0.1) is 10.2 Å².